The number of aryl methyl sites for hydroxylation is 1. The molecular weight excluding hydrogens is 262 g/mol. The second-order valence-electron chi connectivity index (χ2n) is 5.23. The molecule has 2 N–H and O–H groups in total. The minimum atomic E-state index is 0.605. The van der Waals surface area contributed by atoms with Crippen molar-refractivity contribution in [3.05, 3.63) is 60.1 Å². The number of anilines is 1. The molecule has 21 heavy (non-hydrogen) atoms. The molecule has 2 heterocycles. The van der Waals surface area contributed by atoms with E-state index in [1.54, 1.807) is 0 Å². The zero-order chi connectivity index (χ0) is 14.4. The molecule has 0 spiro atoms. The highest BCUT2D eigenvalue weighted by molar-refractivity contribution is 5.85. The average molecular weight is 277 g/mol. The average Bonchev–Trinajstić information content (AvgIpc) is 3.02. The fourth-order valence-electron chi connectivity index (χ4n) is 2.78. The minimum Gasteiger partial charge on any atom is -0.439 e. The lowest BCUT2D eigenvalue weighted by Gasteiger charge is -2.04. The van der Waals surface area contributed by atoms with Crippen LogP contribution in [0.25, 0.3) is 22.0 Å². The van der Waals surface area contributed by atoms with Crippen molar-refractivity contribution in [3.8, 4) is 0 Å². The van der Waals surface area contributed by atoms with Crippen molar-refractivity contribution < 1.29 is 4.42 Å². The number of para-hydroxylation sites is 2. The van der Waals surface area contributed by atoms with Crippen molar-refractivity contribution in [2.75, 3.05) is 5.73 Å². The summed E-state index contributed by atoms with van der Waals surface area (Å²) in [6.45, 7) is 2.70. The van der Waals surface area contributed by atoms with Gasteiger partial charge >= 0.3 is 0 Å². The monoisotopic (exact) mass is 277 g/mol. The van der Waals surface area contributed by atoms with Crippen molar-refractivity contribution in [2.24, 2.45) is 0 Å². The predicted octanol–water partition coefficient (Wildman–Crippen LogP) is 3.72. The van der Waals surface area contributed by atoms with Gasteiger partial charge in [-0.25, -0.2) is 4.98 Å². The van der Waals surface area contributed by atoms with Crippen LogP contribution in [0.5, 0.6) is 0 Å². The first-order valence-electron chi connectivity index (χ1n) is 6.91. The maximum absolute atomic E-state index is 5.93. The van der Waals surface area contributed by atoms with Gasteiger partial charge in [-0.1, -0.05) is 24.3 Å². The Labute approximate surface area is 121 Å². The minimum absolute atomic E-state index is 0.605. The van der Waals surface area contributed by atoms with Crippen LogP contribution in [0.3, 0.4) is 0 Å². The number of fused-ring (bicyclic) bond motifs is 2. The smallest absolute Gasteiger partial charge is 0.215 e. The van der Waals surface area contributed by atoms with E-state index in [1.165, 1.54) is 16.6 Å². The van der Waals surface area contributed by atoms with Crippen molar-refractivity contribution in [1.29, 1.82) is 0 Å². The summed E-state index contributed by atoms with van der Waals surface area (Å²) >= 11 is 0. The maximum Gasteiger partial charge on any atom is 0.215 e. The zero-order valence-corrected chi connectivity index (χ0v) is 11.7. The van der Waals surface area contributed by atoms with Gasteiger partial charge in [0, 0.05) is 11.2 Å². The van der Waals surface area contributed by atoms with Crippen LogP contribution in [0.4, 0.5) is 5.69 Å². The summed E-state index contributed by atoms with van der Waals surface area (Å²) in [5, 5.41) is 1.23. The molecule has 4 heteroatoms. The third-order valence-corrected chi connectivity index (χ3v) is 3.81. The van der Waals surface area contributed by atoms with Gasteiger partial charge in [0.2, 0.25) is 5.89 Å². The summed E-state index contributed by atoms with van der Waals surface area (Å²) in [5.74, 6) is 0.673. The van der Waals surface area contributed by atoms with Gasteiger partial charge in [0.05, 0.1) is 12.2 Å². The van der Waals surface area contributed by atoms with Crippen molar-refractivity contribution in [2.45, 2.75) is 13.5 Å². The van der Waals surface area contributed by atoms with Crippen LogP contribution in [0, 0.1) is 6.92 Å². The highest BCUT2D eigenvalue weighted by atomic mass is 16.3. The fraction of sp³-hybridized carbons (Fsp3) is 0.118. The molecule has 104 valence electrons. The Kier molecular flexibility index (Phi) is 2.51. The molecule has 0 unspecified atom stereocenters. The van der Waals surface area contributed by atoms with E-state index in [-0.39, 0.29) is 0 Å². The number of aromatic nitrogens is 2. The second kappa shape index (κ2) is 4.38. The van der Waals surface area contributed by atoms with Gasteiger partial charge in [-0.15, -0.1) is 0 Å². The first-order chi connectivity index (χ1) is 10.2. The Morgan fingerprint density at radius 2 is 2.00 bits per heavy atom. The summed E-state index contributed by atoms with van der Waals surface area (Å²) in [6.07, 6.45) is 0. The molecule has 0 radical (unpaired) electrons. The van der Waals surface area contributed by atoms with E-state index in [0.717, 1.165) is 11.1 Å². The van der Waals surface area contributed by atoms with Crippen LogP contribution < -0.4 is 5.73 Å². The third-order valence-electron chi connectivity index (χ3n) is 3.81. The van der Waals surface area contributed by atoms with Gasteiger partial charge in [0.1, 0.15) is 5.52 Å². The van der Waals surface area contributed by atoms with Crippen LogP contribution in [-0.2, 0) is 6.54 Å². The molecule has 2 aromatic carbocycles. The molecule has 4 aromatic rings. The molecule has 4 nitrogen and oxygen atoms in total. The number of hydrogen-bond donors (Lipinski definition) is 1. The van der Waals surface area contributed by atoms with E-state index >= 15 is 0 Å². The van der Waals surface area contributed by atoms with Gasteiger partial charge in [-0.3, -0.25) is 0 Å². The highest BCUT2D eigenvalue weighted by Crippen LogP contribution is 2.24. The largest absolute Gasteiger partial charge is 0.439 e. The normalized spacial score (nSPS) is 11.5. The number of nitrogens with zero attached hydrogens (tertiary/aromatic N) is 2. The van der Waals surface area contributed by atoms with E-state index in [2.05, 4.69) is 34.7 Å². The Morgan fingerprint density at radius 1 is 1.14 bits per heavy atom. The molecule has 2 aromatic heterocycles. The Morgan fingerprint density at radius 3 is 2.86 bits per heavy atom. The molecule has 4 rings (SSSR count). The van der Waals surface area contributed by atoms with Crippen molar-refractivity contribution in [3.63, 3.8) is 0 Å². The van der Waals surface area contributed by atoms with Crippen molar-refractivity contribution in [1.82, 2.24) is 9.55 Å². The lowest BCUT2D eigenvalue weighted by Crippen LogP contribution is -2.01. The number of rotatable bonds is 2. The fourth-order valence-corrected chi connectivity index (χ4v) is 2.78. The number of oxazole rings is 1. The van der Waals surface area contributed by atoms with Crippen molar-refractivity contribution >= 4 is 27.7 Å². The van der Waals surface area contributed by atoms with Gasteiger partial charge in [0.25, 0.3) is 0 Å². The van der Waals surface area contributed by atoms with E-state index < -0.39 is 0 Å². The van der Waals surface area contributed by atoms with Crippen LogP contribution in [0.15, 0.2) is 52.9 Å². The highest BCUT2D eigenvalue weighted by Gasteiger charge is 2.11. The number of benzene rings is 2. The van der Waals surface area contributed by atoms with Gasteiger partial charge in [-0.2, -0.15) is 0 Å². The van der Waals surface area contributed by atoms with Gasteiger partial charge in [-0.05, 0) is 36.6 Å². The van der Waals surface area contributed by atoms with E-state index in [9.17, 15) is 0 Å². The summed E-state index contributed by atoms with van der Waals surface area (Å²) in [4.78, 5) is 4.52. The van der Waals surface area contributed by atoms with Crippen LogP contribution in [0.1, 0.15) is 11.6 Å². The molecule has 0 saturated heterocycles. The van der Waals surface area contributed by atoms with Gasteiger partial charge < -0.3 is 14.7 Å². The summed E-state index contributed by atoms with van der Waals surface area (Å²) < 4.78 is 8.02. The Hall–Kier alpha value is -2.75. The third kappa shape index (κ3) is 1.88. The SMILES string of the molecule is Cc1cc2ccccc2n1Cc1nc2c(N)cccc2o1. The summed E-state index contributed by atoms with van der Waals surface area (Å²) in [6, 6.07) is 16.1. The number of hydrogen-bond acceptors (Lipinski definition) is 3. The second-order valence-corrected chi connectivity index (χ2v) is 5.23. The molecule has 0 saturated carbocycles. The zero-order valence-electron chi connectivity index (χ0n) is 11.7. The summed E-state index contributed by atoms with van der Waals surface area (Å²) in [5.41, 5.74) is 10.4. The number of nitrogens with two attached hydrogens (primary N) is 1. The van der Waals surface area contributed by atoms with Crippen LogP contribution >= 0.6 is 0 Å². The number of nitrogen functional groups attached to an aromatic ring is 1. The maximum atomic E-state index is 5.93. The molecule has 0 aliphatic carbocycles. The Bertz CT molecular complexity index is 949. The van der Waals surface area contributed by atoms with E-state index in [0.29, 0.717) is 18.1 Å². The molecule has 0 bridgehead atoms. The van der Waals surface area contributed by atoms with E-state index in [1.807, 2.05) is 30.3 Å². The molecule has 0 aliphatic heterocycles. The van der Waals surface area contributed by atoms with E-state index in [4.69, 9.17) is 10.2 Å². The van der Waals surface area contributed by atoms with Crippen LogP contribution in [-0.4, -0.2) is 9.55 Å². The molecule has 0 fully saturated rings. The topological polar surface area (TPSA) is 57.0 Å². The van der Waals surface area contributed by atoms with Gasteiger partial charge in [0.15, 0.2) is 5.58 Å². The first-order valence-corrected chi connectivity index (χ1v) is 6.91. The molecule has 0 aliphatic rings. The molecular formula is C17H15N3O. The van der Waals surface area contributed by atoms with Crippen LogP contribution in [0.2, 0.25) is 0 Å². The summed E-state index contributed by atoms with van der Waals surface area (Å²) in [7, 11) is 0. The molecule has 0 atom stereocenters. The first kappa shape index (κ1) is 12.0. The quantitative estimate of drug-likeness (QED) is 0.568. The standard InChI is InChI=1S/C17H15N3O/c1-11-9-12-5-2-3-7-14(12)20(11)10-16-19-17-13(18)6-4-8-15(17)21-16/h2-9H,10,18H2,1H3. The Balaban J connectivity index is 1.83. The lowest BCUT2D eigenvalue weighted by molar-refractivity contribution is 0.510. The molecule has 0 amide bonds. The predicted molar refractivity (Wildman–Crippen MR) is 84.2 cm³/mol. The lowest BCUT2D eigenvalue weighted by atomic mass is 10.2.